The molecule has 0 amide bonds. The van der Waals surface area contributed by atoms with E-state index in [0.717, 1.165) is 5.56 Å². The van der Waals surface area contributed by atoms with E-state index >= 15 is 0 Å². The highest BCUT2D eigenvalue weighted by Gasteiger charge is 2.36. The zero-order valence-electron chi connectivity index (χ0n) is 14.1. The standard InChI is InChI=1S/C16H24Cl2N2OSi/c1-8-9-11(16(6,7)21-22-15(3,4)5)12-13(17)19-10(2)20-14(12)18/h8,11H,1,9H2,2-7H3. The van der Waals surface area contributed by atoms with E-state index < -0.39 is 5.60 Å². The summed E-state index contributed by atoms with van der Waals surface area (Å²) in [6.07, 6.45) is 2.54. The first kappa shape index (κ1) is 19.6. The highest BCUT2D eigenvalue weighted by Crippen LogP contribution is 2.41. The van der Waals surface area contributed by atoms with E-state index in [1.165, 1.54) is 0 Å². The summed E-state index contributed by atoms with van der Waals surface area (Å²) in [6.45, 7) is 16.2. The van der Waals surface area contributed by atoms with Crippen LogP contribution in [0, 0.1) is 6.92 Å². The summed E-state index contributed by atoms with van der Waals surface area (Å²) in [4.78, 5) is 8.48. The van der Waals surface area contributed by atoms with Gasteiger partial charge in [0.05, 0.1) is 5.60 Å². The Kier molecular flexibility index (Phi) is 6.63. The average molecular weight is 359 g/mol. The summed E-state index contributed by atoms with van der Waals surface area (Å²) in [7, 11) is 0.365. The van der Waals surface area contributed by atoms with Crippen molar-refractivity contribution in [1.29, 1.82) is 0 Å². The zero-order chi connectivity index (χ0) is 17.1. The first-order valence-electron chi connectivity index (χ1n) is 7.23. The molecule has 0 saturated heterocycles. The molecule has 1 unspecified atom stereocenters. The minimum absolute atomic E-state index is 0.0551. The Hall–Kier alpha value is -0.423. The van der Waals surface area contributed by atoms with Gasteiger partial charge in [-0.2, -0.15) is 0 Å². The molecule has 22 heavy (non-hydrogen) atoms. The number of aromatic nitrogens is 2. The SMILES string of the molecule is C=CCC(c1c(Cl)nc(C)nc1Cl)C(C)(C)O[Si]C(C)(C)C. The molecule has 1 atom stereocenters. The monoisotopic (exact) mass is 358 g/mol. The predicted octanol–water partition coefficient (Wildman–Crippen LogP) is 5.38. The molecule has 0 spiro atoms. The van der Waals surface area contributed by atoms with E-state index in [0.29, 0.717) is 32.3 Å². The Morgan fingerprint density at radius 2 is 1.68 bits per heavy atom. The number of hydrogen-bond donors (Lipinski definition) is 0. The lowest BCUT2D eigenvalue weighted by molar-refractivity contribution is 0.0782. The number of nitrogens with zero attached hydrogens (tertiary/aromatic N) is 2. The molecule has 1 aromatic heterocycles. The average Bonchev–Trinajstić information content (AvgIpc) is 2.33. The first-order chi connectivity index (χ1) is 9.98. The van der Waals surface area contributed by atoms with Crippen LogP contribution in [0.1, 0.15) is 58.3 Å². The Bertz CT molecular complexity index is 518. The van der Waals surface area contributed by atoms with Crippen molar-refractivity contribution in [2.45, 2.75) is 64.5 Å². The van der Waals surface area contributed by atoms with Gasteiger partial charge in [0.25, 0.3) is 0 Å². The fourth-order valence-corrected chi connectivity index (χ4v) is 3.52. The molecular weight excluding hydrogens is 335 g/mol. The normalized spacial score (nSPS) is 14.0. The van der Waals surface area contributed by atoms with Crippen LogP contribution in [0.15, 0.2) is 12.7 Å². The van der Waals surface area contributed by atoms with Gasteiger partial charge in [0.1, 0.15) is 16.1 Å². The molecule has 0 aromatic carbocycles. The van der Waals surface area contributed by atoms with Gasteiger partial charge < -0.3 is 4.43 Å². The van der Waals surface area contributed by atoms with Gasteiger partial charge in [-0.05, 0) is 32.2 Å². The quantitative estimate of drug-likeness (QED) is 0.388. The minimum atomic E-state index is -0.453. The molecule has 2 radical (unpaired) electrons. The number of rotatable bonds is 6. The maximum atomic E-state index is 6.34. The maximum Gasteiger partial charge on any atom is 0.236 e. The fraction of sp³-hybridized carbons (Fsp3) is 0.625. The van der Waals surface area contributed by atoms with Crippen LogP contribution in [0.3, 0.4) is 0 Å². The molecular formula is C16H24Cl2N2OSi. The van der Waals surface area contributed by atoms with E-state index in [4.69, 9.17) is 27.6 Å². The number of aryl methyl sites for hydroxylation is 1. The van der Waals surface area contributed by atoms with Crippen LogP contribution in [0.25, 0.3) is 0 Å². The third-order valence-corrected chi connectivity index (χ3v) is 4.99. The van der Waals surface area contributed by atoms with Crippen molar-refractivity contribution in [1.82, 2.24) is 9.97 Å². The molecule has 0 aliphatic heterocycles. The van der Waals surface area contributed by atoms with E-state index in [1.54, 1.807) is 6.92 Å². The van der Waals surface area contributed by atoms with Gasteiger partial charge in [-0.25, -0.2) is 9.97 Å². The molecule has 1 rings (SSSR count). The molecule has 122 valence electrons. The van der Waals surface area contributed by atoms with Crippen LogP contribution in [0.2, 0.25) is 15.3 Å². The van der Waals surface area contributed by atoms with Gasteiger partial charge in [0.2, 0.25) is 9.76 Å². The lowest BCUT2D eigenvalue weighted by Gasteiger charge is -2.36. The van der Waals surface area contributed by atoms with E-state index in [1.807, 2.05) is 19.9 Å². The van der Waals surface area contributed by atoms with Crippen molar-refractivity contribution in [3.05, 3.63) is 34.3 Å². The third kappa shape index (κ3) is 5.34. The molecule has 1 heterocycles. The second-order valence-corrected chi connectivity index (χ2v) is 9.52. The summed E-state index contributed by atoms with van der Waals surface area (Å²) in [5, 5.41) is 0.883. The van der Waals surface area contributed by atoms with Crippen LogP contribution in [0.5, 0.6) is 0 Å². The van der Waals surface area contributed by atoms with Gasteiger partial charge in [-0.15, -0.1) is 6.58 Å². The van der Waals surface area contributed by atoms with Crippen LogP contribution in [-0.2, 0) is 4.43 Å². The topological polar surface area (TPSA) is 35.0 Å². The summed E-state index contributed by atoms with van der Waals surface area (Å²) in [5.41, 5.74) is 0.281. The van der Waals surface area contributed by atoms with Gasteiger partial charge in [0, 0.05) is 11.5 Å². The van der Waals surface area contributed by atoms with E-state index in [9.17, 15) is 0 Å². The summed E-state index contributed by atoms with van der Waals surface area (Å²) in [5.74, 6) is 0.506. The molecule has 0 fully saturated rings. The second kappa shape index (κ2) is 7.43. The summed E-state index contributed by atoms with van der Waals surface area (Å²) < 4.78 is 6.21. The smallest absolute Gasteiger partial charge is 0.236 e. The lowest BCUT2D eigenvalue weighted by Crippen LogP contribution is -2.36. The van der Waals surface area contributed by atoms with Crippen LogP contribution in [0.4, 0.5) is 0 Å². The Balaban J connectivity index is 3.20. The number of allylic oxidation sites excluding steroid dienone is 1. The van der Waals surface area contributed by atoms with Crippen molar-refractivity contribution >= 4 is 33.0 Å². The molecule has 0 saturated carbocycles. The van der Waals surface area contributed by atoms with E-state index in [-0.39, 0.29) is 11.0 Å². The van der Waals surface area contributed by atoms with Crippen LogP contribution < -0.4 is 0 Å². The highest BCUT2D eigenvalue weighted by atomic mass is 35.5. The number of halogens is 2. The van der Waals surface area contributed by atoms with Crippen molar-refractivity contribution in [3.8, 4) is 0 Å². The number of hydrogen-bond acceptors (Lipinski definition) is 3. The molecule has 6 heteroatoms. The van der Waals surface area contributed by atoms with Crippen molar-refractivity contribution in [3.63, 3.8) is 0 Å². The predicted molar refractivity (Wildman–Crippen MR) is 95.0 cm³/mol. The maximum absolute atomic E-state index is 6.34. The Morgan fingerprint density at radius 3 is 2.09 bits per heavy atom. The summed E-state index contributed by atoms with van der Waals surface area (Å²) >= 11 is 12.7. The van der Waals surface area contributed by atoms with Crippen LogP contribution >= 0.6 is 23.2 Å². The molecule has 0 bridgehead atoms. The Labute approximate surface area is 146 Å². The van der Waals surface area contributed by atoms with Crippen molar-refractivity contribution < 1.29 is 4.43 Å². The zero-order valence-corrected chi connectivity index (χ0v) is 16.6. The first-order valence-corrected chi connectivity index (χ1v) is 8.90. The van der Waals surface area contributed by atoms with Crippen molar-refractivity contribution in [2.24, 2.45) is 0 Å². The fourth-order valence-electron chi connectivity index (χ4n) is 2.07. The summed E-state index contributed by atoms with van der Waals surface area (Å²) in [6, 6.07) is 0. The lowest BCUT2D eigenvalue weighted by atomic mass is 9.83. The second-order valence-electron chi connectivity index (χ2n) is 6.90. The minimum Gasteiger partial charge on any atom is -0.411 e. The largest absolute Gasteiger partial charge is 0.411 e. The van der Waals surface area contributed by atoms with Gasteiger partial charge >= 0.3 is 0 Å². The van der Waals surface area contributed by atoms with Crippen molar-refractivity contribution in [2.75, 3.05) is 0 Å². The highest BCUT2D eigenvalue weighted by molar-refractivity contribution is 6.34. The van der Waals surface area contributed by atoms with Gasteiger partial charge in [0.15, 0.2) is 0 Å². The van der Waals surface area contributed by atoms with Gasteiger partial charge in [-0.1, -0.05) is 50.0 Å². The van der Waals surface area contributed by atoms with E-state index in [2.05, 4.69) is 37.3 Å². The molecule has 1 aromatic rings. The molecule has 0 aliphatic rings. The van der Waals surface area contributed by atoms with Gasteiger partial charge in [-0.3, -0.25) is 0 Å². The molecule has 0 N–H and O–H groups in total. The molecule has 0 aliphatic carbocycles. The third-order valence-electron chi connectivity index (χ3n) is 3.17. The Morgan fingerprint density at radius 1 is 1.18 bits per heavy atom. The van der Waals surface area contributed by atoms with Crippen LogP contribution in [-0.4, -0.2) is 25.3 Å². The molecule has 3 nitrogen and oxygen atoms in total.